The molecule has 0 aliphatic carbocycles. The highest BCUT2D eigenvalue weighted by Gasteiger charge is 2.23. The lowest BCUT2D eigenvalue weighted by atomic mass is 9.88. The molecule has 0 bridgehead atoms. The van der Waals surface area contributed by atoms with Crippen molar-refractivity contribution >= 4 is 23.2 Å². The highest BCUT2D eigenvalue weighted by atomic mass is 35.5. The average Bonchev–Trinajstić information content (AvgIpc) is 2.26. The first-order valence-electron chi connectivity index (χ1n) is 5.87. The minimum absolute atomic E-state index is 0.0334. The molecule has 1 atom stereocenters. The first kappa shape index (κ1) is 15.4. The highest BCUT2D eigenvalue weighted by Crippen LogP contribution is 2.25. The summed E-state index contributed by atoms with van der Waals surface area (Å²) in [5.74, 6) is -0.292. The molecule has 0 aromatic heterocycles. The molecule has 1 amide bonds. The van der Waals surface area contributed by atoms with E-state index in [2.05, 4.69) is 5.32 Å². The van der Waals surface area contributed by atoms with Gasteiger partial charge in [0.15, 0.2) is 0 Å². The van der Waals surface area contributed by atoms with E-state index < -0.39 is 4.92 Å². The van der Waals surface area contributed by atoms with Crippen LogP contribution in [-0.2, 0) is 0 Å². The molecule has 1 unspecified atom stereocenters. The number of carbonyl (C=O) groups is 1. The third kappa shape index (κ3) is 3.92. The van der Waals surface area contributed by atoms with Gasteiger partial charge in [0.05, 0.1) is 4.92 Å². The van der Waals surface area contributed by atoms with Crippen molar-refractivity contribution in [2.75, 3.05) is 0 Å². The maximum atomic E-state index is 12.0. The van der Waals surface area contributed by atoms with Gasteiger partial charge in [-0.25, -0.2) is 0 Å². The normalized spacial score (nSPS) is 12.9. The molecule has 0 aliphatic rings. The molecule has 0 radical (unpaired) electrons. The molecule has 1 rings (SSSR count). The van der Waals surface area contributed by atoms with Crippen LogP contribution in [0.2, 0.25) is 5.02 Å². The fourth-order valence-corrected chi connectivity index (χ4v) is 1.54. The van der Waals surface area contributed by atoms with Gasteiger partial charge in [-0.05, 0) is 24.5 Å². The first-order chi connectivity index (χ1) is 8.62. The number of nitrogens with one attached hydrogen (secondary N) is 1. The van der Waals surface area contributed by atoms with Crippen molar-refractivity contribution in [3.63, 3.8) is 0 Å². The van der Waals surface area contributed by atoms with Gasteiger partial charge in [0.2, 0.25) is 0 Å². The van der Waals surface area contributed by atoms with Crippen molar-refractivity contribution < 1.29 is 9.72 Å². The summed E-state index contributed by atoms with van der Waals surface area (Å²) >= 11 is 5.77. The molecule has 0 saturated heterocycles. The maximum Gasteiger partial charge on any atom is 0.287 e. The van der Waals surface area contributed by atoms with E-state index in [0.29, 0.717) is 5.56 Å². The smallest absolute Gasteiger partial charge is 0.287 e. The summed E-state index contributed by atoms with van der Waals surface area (Å²) in [5, 5.41) is 13.4. The van der Waals surface area contributed by atoms with E-state index in [-0.39, 0.29) is 28.1 Å². The summed E-state index contributed by atoms with van der Waals surface area (Å²) in [5.41, 5.74) is 0.0361. The van der Waals surface area contributed by atoms with Gasteiger partial charge in [-0.1, -0.05) is 32.4 Å². The third-order valence-electron chi connectivity index (χ3n) is 3.05. The van der Waals surface area contributed by atoms with Crippen molar-refractivity contribution in [3.05, 3.63) is 38.9 Å². The Morgan fingerprint density at radius 2 is 2.00 bits per heavy atom. The van der Waals surface area contributed by atoms with Crippen molar-refractivity contribution in [1.29, 1.82) is 0 Å². The summed E-state index contributed by atoms with van der Waals surface area (Å²) in [4.78, 5) is 22.0. The first-order valence-corrected chi connectivity index (χ1v) is 6.25. The van der Waals surface area contributed by atoms with Gasteiger partial charge in [0.25, 0.3) is 11.6 Å². The molecule has 1 aromatic rings. The van der Waals surface area contributed by atoms with Gasteiger partial charge in [-0.3, -0.25) is 14.9 Å². The fraction of sp³-hybridized carbons (Fsp3) is 0.462. The number of hydrogen-bond acceptors (Lipinski definition) is 3. The van der Waals surface area contributed by atoms with Gasteiger partial charge in [-0.2, -0.15) is 0 Å². The number of rotatable bonds is 3. The number of amides is 1. The summed E-state index contributed by atoms with van der Waals surface area (Å²) < 4.78 is 0. The minimum atomic E-state index is -0.582. The Morgan fingerprint density at radius 3 is 2.42 bits per heavy atom. The standard InChI is InChI=1S/C13H17ClN2O3/c1-8(13(2,3)4)15-12(17)9-5-6-11(16(18)19)10(14)7-9/h5-8H,1-4H3,(H,15,17). The summed E-state index contributed by atoms with van der Waals surface area (Å²) in [6, 6.07) is 3.91. The van der Waals surface area contributed by atoms with Crippen LogP contribution in [0.1, 0.15) is 38.1 Å². The predicted molar refractivity (Wildman–Crippen MR) is 74.5 cm³/mol. The lowest BCUT2D eigenvalue weighted by molar-refractivity contribution is -0.384. The lowest BCUT2D eigenvalue weighted by Gasteiger charge is -2.28. The number of halogens is 1. The summed E-state index contributed by atoms with van der Waals surface area (Å²) in [6.07, 6.45) is 0. The predicted octanol–water partition coefficient (Wildman–Crippen LogP) is 3.41. The van der Waals surface area contributed by atoms with Crippen LogP contribution in [0.15, 0.2) is 18.2 Å². The van der Waals surface area contributed by atoms with Gasteiger partial charge in [0, 0.05) is 17.7 Å². The number of nitrogens with zero attached hydrogens (tertiary/aromatic N) is 1. The lowest BCUT2D eigenvalue weighted by Crippen LogP contribution is -2.41. The van der Waals surface area contributed by atoms with E-state index in [1.165, 1.54) is 18.2 Å². The van der Waals surface area contributed by atoms with Crippen molar-refractivity contribution in [2.24, 2.45) is 5.41 Å². The van der Waals surface area contributed by atoms with Crippen LogP contribution in [0, 0.1) is 15.5 Å². The quantitative estimate of drug-likeness (QED) is 0.683. The topological polar surface area (TPSA) is 72.2 Å². The average molecular weight is 285 g/mol. The Morgan fingerprint density at radius 1 is 1.42 bits per heavy atom. The van der Waals surface area contributed by atoms with Crippen molar-refractivity contribution in [1.82, 2.24) is 5.32 Å². The summed E-state index contributed by atoms with van der Waals surface area (Å²) in [6.45, 7) is 7.95. The van der Waals surface area contributed by atoms with E-state index in [1.807, 2.05) is 27.7 Å². The second-order valence-corrected chi connectivity index (χ2v) is 5.89. The van der Waals surface area contributed by atoms with Crippen LogP contribution in [0.4, 0.5) is 5.69 Å². The van der Waals surface area contributed by atoms with E-state index >= 15 is 0 Å². The Balaban J connectivity index is 2.90. The van der Waals surface area contributed by atoms with Crippen LogP contribution in [-0.4, -0.2) is 16.9 Å². The van der Waals surface area contributed by atoms with Crippen LogP contribution >= 0.6 is 11.6 Å². The Kier molecular flexibility index (Phi) is 4.52. The Labute approximate surface area is 117 Å². The number of carbonyl (C=O) groups excluding carboxylic acids is 1. The molecule has 0 heterocycles. The molecule has 1 aromatic carbocycles. The molecule has 0 saturated carbocycles. The molecule has 0 fully saturated rings. The van der Waals surface area contributed by atoms with Crippen LogP contribution in [0.5, 0.6) is 0 Å². The van der Waals surface area contributed by atoms with Crippen molar-refractivity contribution in [2.45, 2.75) is 33.7 Å². The highest BCUT2D eigenvalue weighted by molar-refractivity contribution is 6.33. The van der Waals surface area contributed by atoms with E-state index in [9.17, 15) is 14.9 Å². The zero-order valence-electron chi connectivity index (χ0n) is 11.4. The van der Waals surface area contributed by atoms with Crippen LogP contribution < -0.4 is 5.32 Å². The Bertz CT molecular complexity index is 509. The van der Waals surface area contributed by atoms with E-state index in [4.69, 9.17) is 11.6 Å². The van der Waals surface area contributed by atoms with Crippen LogP contribution in [0.3, 0.4) is 0 Å². The SMILES string of the molecule is CC(NC(=O)c1ccc([N+](=O)[O-])c(Cl)c1)C(C)(C)C. The molecule has 0 aliphatic heterocycles. The molecule has 19 heavy (non-hydrogen) atoms. The second-order valence-electron chi connectivity index (χ2n) is 5.48. The van der Waals surface area contributed by atoms with Gasteiger partial charge >= 0.3 is 0 Å². The zero-order chi connectivity index (χ0) is 14.8. The van der Waals surface area contributed by atoms with E-state index in [0.717, 1.165) is 0 Å². The second kappa shape index (κ2) is 5.57. The third-order valence-corrected chi connectivity index (χ3v) is 3.36. The summed E-state index contributed by atoms with van der Waals surface area (Å²) in [7, 11) is 0. The molecular weight excluding hydrogens is 268 g/mol. The van der Waals surface area contributed by atoms with E-state index in [1.54, 1.807) is 0 Å². The van der Waals surface area contributed by atoms with Crippen molar-refractivity contribution in [3.8, 4) is 0 Å². The van der Waals surface area contributed by atoms with Gasteiger partial charge in [-0.15, -0.1) is 0 Å². The van der Waals surface area contributed by atoms with Gasteiger partial charge in [0.1, 0.15) is 5.02 Å². The number of benzene rings is 1. The fourth-order valence-electron chi connectivity index (χ4n) is 1.29. The zero-order valence-corrected chi connectivity index (χ0v) is 12.1. The monoisotopic (exact) mass is 284 g/mol. The molecule has 6 heteroatoms. The molecule has 5 nitrogen and oxygen atoms in total. The Hall–Kier alpha value is -1.62. The number of nitro groups is 1. The van der Waals surface area contributed by atoms with Gasteiger partial charge < -0.3 is 5.32 Å². The number of nitro benzene ring substituents is 1. The maximum absolute atomic E-state index is 12.0. The molecule has 1 N–H and O–H groups in total. The molecular formula is C13H17ClN2O3. The number of hydrogen-bond donors (Lipinski definition) is 1. The minimum Gasteiger partial charge on any atom is -0.349 e. The molecule has 104 valence electrons. The van der Waals surface area contributed by atoms with Crippen LogP contribution in [0.25, 0.3) is 0 Å². The largest absolute Gasteiger partial charge is 0.349 e. The molecule has 0 spiro atoms.